The van der Waals surface area contributed by atoms with E-state index in [0.29, 0.717) is 63.3 Å². The summed E-state index contributed by atoms with van der Waals surface area (Å²) < 4.78 is 14.4. The van der Waals surface area contributed by atoms with Gasteiger partial charge in [-0.25, -0.2) is 4.98 Å². The SMILES string of the molecule is CCOc1cc(C2C(=C(O)c3c(C)nc4ccccn34)C(=O)C(=O)N2c2nnc(SCc3ccc(C)cc3)s2)ccc1OCCC(C)C. The summed E-state index contributed by atoms with van der Waals surface area (Å²) in [7, 11) is 0. The topological polar surface area (TPSA) is 119 Å². The smallest absolute Gasteiger partial charge is 0.301 e. The average molecular weight is 684 g/mol. The summed E-state index contributed by atoms with van der Waals surface area (Å²) in [4.78, 5) is 33.7. The van der Waals surface area contributed by atoms with Gasteiger partial charge in [0, 0.05) is 11.9 Å². The summed E-state index contributed by atoms with van der Waals surface area (Å²) >= 11 is 2.72. The molecule has 0 bridgehead atoms. The molecule has 1 aliphatic rings. The number of aliphatic hydroxyl groups is 1. The molecule has 0 spiro atoms. The number of rotatable bonds is 12. The normalized spacial score (nSPS) is 16.0. The Morgan fingerprint density at radius 3 is 2.56 bits per heavy atom. The molecule has 12 heteroatoms. The molecule has 1 aliphatic heterocycles. The standard InChI is InChI=1S/C36H37N5O5S2/c1-6-45-27-19-25(14-15-26(27)46-18-16-21(2)3)31-29(32(42)30-23(5)37-28-9-7-8-17-40(28)30)33(43)34(44)41(31)35-38-39-36(48-35)47-20-24-12-10-22(4)11-13-24/h7-15,17,19,21,31,42H,6,16,18,20H2,1-5H3. The molecular formula is C36H37N5O5S2. The zero-order valence-electron chi connectivity index (χ0n) is 27.5. The molecule has 0 saturated carbocycles. The van der Waals surface area contributed by atoms with Gasteiger partial charge >= 0.3 is 5.91 Å². The van der Waals surface area contributed by atoms with Gasteiger partial charge in [-0.3, -0.25) is 18.9 Å². The van der Waals surface area contributed by atoms with Crippen LogP contribution in [0.25, 0.3) is 11.4 Å². The minimum absolute atomic E-state index is 0.0752. The maximum Gasteiger partial charge on any atom is 0.301 e. The maximum absolute atomic E-state index is 13.9. The number of hydrogen-bond donors (Lipinski definition) is 1. The van der Waals surface area contributed by atoms with Crippen molar-refractivity contribution in [3.05, 3.63) is 101 Å². The van der Waals surface area contributed by atoms with E-state index in [4.69, 9.17) is 9.47 Å². The molecular weight excluding hydrogens is 647 g/mol. The fourth-order valence-electron chi connectivity index (χ4n) is 5.55. The van der Waals surface area contributed by atoms with E-state index in [2.05, 4.69) is 53.3 Å². The van der Waals surface area contributed by atoms with E-state index in [-0.39, 0.29) is 16.5 Å². The van der Waals surface area contributed by atoms with Crippen molar-refractivity contribution in [3.8, 4) is 11.5 Å². The zero-order valence-corrected chi connectivity index (χ0v) is 29.1. The van der Waals surface area contributed by atoms with Crippen LogP contribution in [0.15, 0.2) is 76.8 Å². The molecule has 4 heterocycles. The van der Waals surface area contributed by atoms with Gasteiger partial charge in [0.25, 0.3) is 5.78 Å². The van der Waals surface area contributed by atoms with Gasteiger partial charge < -0.3 is 14.6 Å². The lowest BCUT2D eigenvalue weighted by molar-refractivity contribution is -0.132. The number of pyridine rings is 1. The van der Waals surface area contributed by atoms with Gasteiger partial charge in [-0.15, -0.1) is 10.2 Å². The van der Waals surface area contributed by atoms with Gasteiger partial charge in [-0.1, -0.05) is 78.9 Å². The van der Waals surface area contributed by atoms with Crippen molar-refractivity contribution < 1.29 is 24.2 Å². The van der Waals surface area contributed by atoms with Crippen LogP contribution in [0.4, 0.5) is 5.13 Å². The van der Waals surface area contributed by atoms with Crippen LogP contribution in [0.2, 0.25) is 0 Å². The quantitative estimate of drug-likeness (QED) is 0.0468. The van der Waals surface area contributed by atoms with Crippen molar-refractivity contribution in [2.24, 2.45) is 5.92 Å². The molecule has 248 valence electrons. The molecule has 48 heavy (non-hydrogen) atoms. The molecule has 1 N–H and O–H groups in total. The van der Waals surface area contributed by atoms with E-state index in [0.717, 1.165) is 12.0 Å². The first-order chi connectivity index (χ1) is 23.2. The molecule has 5 aromatic rings. The van der Waals surface area contributed by atoms with Crippen LogP contribution in [0.1, 0.15) is 61.3 Å². The second-order valence-corrected chi connectivity index (χ2v) is 14.1. The van der Waals surface area contributed by atoms with Gasteiger partial charge in [-0.05, 0) is 68.5 Å². The number of carbonyl (C=O) groups excluding carboxylic acids is 2. The third kappa shape index (κ3) is 6.67. The predicted molar refractivity (Wildman–Crippen MR) is 188 cm³/mol. The first-order valence-electron chi connectivity index (χ1n) is 15.8. The number of benzene rings is 2. The Labute approximate surface area is 287 Å². The molecule has 1 unspecified atom stereocenters. The van der Waals surface area contributed by atoms with Crippen LogP contribution in [-0.2, 0) is 15.3 Å². The second-order valence-electron chi connectivity index (χ2n) is 11.9. The summed E-state index contributed by atoms with van der Waals surface area (Å²) in [6.07, 6.45) is 2.63. The molecule has 6 rings (SSSR count). The largest absolute Gasteiger partial charge is 0.505 e. The lowest BCUT2D eigenvalue weighted by Gasteiger charge is -2.23. The van der Waals surface area contributed by atoms with Crippen LogP contribution >= 0.6 is 23.1 Å². The zero-order chi connectivity index (χ0) is 33.9. The highest BCUT2D eigenvalue weighted by molar-refractivity contribution is 8.00. The number of ether oxygens (including phenoxy) is 2. The summed E-state index contributed by atoms with van der Waals surface area (Å²) in [6, 6.07) is 18.0. The molecule has 0 radical (unpaired) electrons. The van der Waals surface area contributed by atoms with Crippen molar-refractivity contribution in [1.29, 1.82) is 0 Å². The molecule has 0 aliphatic carbocycles. The van der Waals surface area contributed by atoms with E-state index in [1.54, 1.807) is 35.7 Å². The fourth-order valence-corrected chi connectivity index (χ4v) is 7.37. The third-order valence-corrected chi connectivity index (χ3v) is 10.1. The van der Waals surface area contributed by atoms with Crippen molar-refractivity contribution in [1.82, 2.24) is 19.6 Å². The highest BCUT2D eigenvalue weighted by Gasteiger charge is 2.49. The van der Waals surface area contributed by atoms with Crippen molar-refractivity contribution in [2.45, 2.75) is 57.2 Å². The summed E-state index contributed by atoms with van der Waals surface area (Å²) in [6.45, 7) is 10.8. The summed E-state index contributed by atoms with van der Waals surface area (Å²) in [5.74, 6) is 0.195. The fraction of sp³-hybridized carbons (Fsp3) is 0.306. The Morgan fingerprint density at radius 2 is 1.81 bits per heavy atom. The highest BCUT2D eigenvalue weighted by atomic mass is 32.2. The number of hydrogen-bond acceptors (Lipinski definition) is 10. The van der Waals surface area contributed by atoms with Gasteiger partial charge in [0.2, 0.25) is 5.13 Å². The average Bonchev–Trinajstić information content (AvgIpc) is 3.74. The number of imidazole rings is 1. The van der Waals surface area contributed by atoms with Gasteiger partial charge in [0.15, 0.2) is 21.6 Å². The van der Waals surface area contributed by atoms with Gasteiger partial charge in [0.05, 0.1) is 30.5 Å². The second kappa shape index (κ2) is 14.2. The predicted octanol–water partition coefficient (Wildman–Crippen LogP) is 7.54. The number of amides is 1. The highest BCUT2D eigenvalue weighted by Crippen LogP contribution is 2.46. The molecule has 1 amide bonds. The number of Topliss-reactive ketones (excluding diaryl/α,β-unsaturated/α-hetero) is 1. The minimum atomic E-state index is -1.02. The van der Waals surface area contributed by atoms with Crippen LogP contribution in [0.5, 0.6) is 11.5 Å². The monoisotopic (exact) mass is 683 g/mol. The number of nitrogens with zero attached hydrogens (tertiary/aromatic N) is 5. The number of aliphatic hydroxyl groups excluding tert-OH is 1. The van der Waals surface area contributed by atoms with Crippen LogP contribution in [0, 0.1) is 19.8 Å². The van der Waals surface area contributed by atoms with E-state index >= 15 is 0 Å². The number of carbonyl (C=O) groups is 2. The summed E-state index contributed by atoms with van der Waals surface area (Å²) in [5.41, 5.74) is 4.23. The number of anilines is 1. The van der Waals surface area contributed by atoms with E-state index in [1.807, 2.05) is 32.0 Å². The molecule has 3 aromatic heterocycles. The maximum atomic E-state index is 13.9. The first-order valence-corrected chi connectivity index (χ1v) is 17.6. The minimum Gasteiger partial charge on any atom is -0.505 e. The number of fused-ring (bicyclic) bond motifs is 1. The molecule has 2 aromatic carbocycles. The third-order valence-electron chi connectivity index (χ3n) is 7.99. The molecule has 10 nitrogen and oxygen atoms in total. The Hall–Kier alpha value is -4.68. The van der Waals surface area contributed by atoms with Crippen LogP contribution in [-0.4, -0.2) is 49.6 Å². The molecule has 1 atom stereocenters. The van der Waals surface area contributed by atoms with Crippen molar-refractivity contribution in [2.75, 3.05) is 18.1 Å². The molecule has 1 fully saturated rings. The van der Waals surface area contributed by atoms with Crippen LogP contribution < -0.4 is 14.4 Å². The summed E-state index contributed by atoms with van der Waals surface area (Å²) in [5, 5.41) is 20.9. The molecule has 1 saturated heterocycles. The number of ketones is 1. The number of thioether (sulfide) groups is 1. The number of aryl methyl sites for hydroxylation is 2. The van der Waals surface area contributed by atoms with Crippen molar-refractivity contribution >= 4 is 51.3 Å². The van der Waals surface area contributed by atoms with Crippen LogP contribution in [0.3, 0.4) is 0 Å². The lowest BCUT2D eigenvalue weighted by atomic mass is 9.96. The van der Waals surface area contributed by atoms with E-state index in [9.17, 15) is 14.7 Å². The Balaban J connectivity index is 1.44. The van der Waals surface area contributed by atoms with Gasteiger partial charge in [0.1, 0.15) is 11.3 Å². The van der Waals surface area contributed by atoms with Crippen molar-refractivity contribution in [3.63, 3.8) is 0 Å². The lowest BCUT2D eigenvalue weighted by Crippen LogP contribution is -2.29. The Kier molecular flexibility index (Phi) is 9.83. The Morgan fingerprint density at radius 1 is 1.02 bits per heavy atom. The number of aromatic nitrogens is 4. The Bertz CT molecular complexity index is 2000. The first kappa shape index (κ1) is 33.2. The van der Waals surface area contributed by atoms with Gasteiger partial charge in [-0.2, -0.15) is 0 Å². The van der Waals surface area contributed by atoms with E-state index < -0.39 is 17.7 Å². The van der Waals surface area contributed by atoms with E-state index in [1.165, 1.54) is 33.6 Å².